The van der Waals surface area contributed by atoms with Crippen LogP contribution < -0.4 is 31.1 Å². The third-order valence-corrected chi connectivity index (χ3v) is 12.0. The molecule has 4 heterocycles. The van der Waals surface area contributed by atoms with E-state index in [4.69, 9.17) is 0 Å². The molecule has 0 radical (unpaired) electrons. The third kappa shape index (κ3) is 8.41. The van der Waals surface area contributed by atoms with E-state index in [-0.39, 0.29) is 41.3 Å². The average molecular weight is 835 g/mol. The molecule has 4 aromatic carbocycles. The molecule has 0 bridgehead atoms. The minimum atomic E-state index is -1.03. The Hall–Kier alpha value is -7.39. The highest BCUT2D eigenvalue weighted by Gasteiger charge is 2.40. The second-order valence-electron chi connectivity index (χ2n) is 14.8. The summed E-state index contributed by atoms with van der Waals surface area (Å²) in [6, 6.07) is 28.7. The number of anilines is 6. The van der Waals surface area contributed by atoms with Crippen molar-refractivity contribution in [3.05, 3.63) is 136 Å². The number of amides is 5. The Bertz CT molecular complexity index is 2690. The Morgan fingerprint density at radius 2 is 1.48 bits per heavy atom. The Kier molecular flexibility index (Phi) is 11.6. The first-order chi connectivity index (χ1) is 29.6. The highest BCUT2D eigenvalue weighted by atomic mass is 32.1. The van der Waals surface area contributed by atoms with Gasteiger partial charge >= 0.3 is 0 Å². The number of carbonyl (C=O) groups excluding carboxylic acids is 6. The molecule has 1 unspecified atom stereocenters. The molecular formula is C46H42N8O6S. The molecule has 2 aliphatic heterocycles. The number of rotatable bonds is 13. The van der Waals surface area contributed by atoms with E-state index in [0.29, 0.717) is 55.2 Å². The van der Waals surface area contributed by atoms with Gasteiger partial charge in [-0.1, -0.05) is 36.4 Å². The number of carbonyl (C=O) groups is 6. The van der Waals surface area contributed by atoms with Gasteiger partial charge in [0, 0.05) is 84.1 Å². The Morgan fingerprint density at radius 3 is 2.21 bits per heavy atom. The molecule has 61 heavy (non-hydrogen) atoms. The number of hydrogen-bond acceptors (Lipinski definition) is 11. The monoisotopic (exact) mass is 834 g/mol. The summed E-state index contributed by atoms with van der Waals surface area (Å²) in [5.41, 5.74) is 5.79. The van der Waals surface area contributed by atoms with Crippen LogP contribution >= 0.6 is 11.3 Å². The lowest BCUT2D eigenvalue weighted by atomic mass is 10.1. The van der Waals surface area contributed by atoms with Crippen molar-refractivity contribution in [1.29, 1.82) is 0 Å². The fourth-order valence-electron chi connectivity index (χ4n) is 7.56. The van der Waals surface area contributed by atoms with Crippen molar-refractivity contribution in [2.75, 3.05) is 59.0 Å². The zero-order chi connectivity index (χ0) is 42.6. The number of para-hydroxylation sites is 1. The fourth-order valence-corrected chi connectivity index (χ4v) is 8.50. The molecule has 1 fully saturated rings. The van der Waals surface area contributed by atoms with E-state index in [0.717, 1.165) is 37.6 Å². The van der Waals surface area contributed by atoms with E-state index in [9.17, 15) is 28.8 Å². The minimum absolute atomic E-state index is 0.0119. The number of benzene rings is 4. The number of thiophene rings is 1. The summed E-state index contributed by atoms with van der Waals surface area (Å²) in [6.07, 6.45) is 2.07. The van der Waals surface area contributed by atoms with Crippen LogP contribution in [0.15, 0.2) is 109 Å². The summed E-state index contributed by atoms with van der Waals surface area (Å²) in [6.45, 7) is 4.62. The molecule has 1 saturated heterocycles. The van der Waals surface area contributed by atoms with Crippen molar-refractivity contribution < 1.29 is 28.8 Å². The number of piperazine rings is 1. The summed E-state index contributed by atoms with van der Waals surface area (Å²) in [4.78, 5) is 87.2. The Labute approximate surface area is 355 Å². The number of pyridine rings is 1. The molecule has 0 spiro atoms. The van der Waals surface area contributed by atoms with Crippen LogP contribution in [0.2, 0.25) is 0 Å². The van der Waals surface area contributed by atoms with Crippen molar-refractivity contribution in [2.45, 2.75) is 25.8 Å². The molecule has 6 aromatic rings. The van der Waals surface area contributed by atoms with Gasteiger partial charge < -0.3 is 35.9 Å². The molecule has 4 N–H and O–H groups in total. The predicted molar refractivity (Wildman–Crippen MR) is 237 cm³/mol. The average Bonchev–Trinajstić information content (AvgIpc) is 3.83. The number of nitrogens with zero attached hydrogens (tertiary/aromatic N) is 4. The molecule has 2 aliphatic rings. The Balaban J connectivity index is 0.911. The van der Waals surface area contributed by atoms with E-state index in [1.165, 1.54) is 24.6 Å². The molecule has 0 saturated carbocycles. The van der Waals surface area contributed by atoms with Gasteiger partial charge in [0.15, 0.2) is 5.82 Å². The van der Waals surface area contributed by atoms with E-state index < -0.39 is 23.8 Å². The number of fused-ring (bicyclic) bond motifs is 2. The number of hydrogen-bond donors (Lipinski definition) is 4. The number of aryl methyl sites for hydroxylation is 1. The molecule has 1 atom stereocenters. The van der Waals surface area contributed by atoms with E-state index in [1.807, 2.05) is 91.2 Å². The van der Waals surface area contributed by atoms with Crippen LogP contribution in [0.5, 0.6) is 0 Å². The minimum Gasteiger partial charge on any atom is -0.368 e. The highest BCUT2D eigenvalue weighted by molar-refractivity contribution is 7.17. The maximum atomic E-state index is 13.6. The number of aldehydes is 1. The van der Waals surface area contributed by atoms with E-state index in [2.05, 4.69) is 36.1 Å². The van der Waals surface area contributed by atoms with Crippen LogP contribution in [0.1, 0.15) is 59.8 Å². The second-order valence-corrected chi connectivity index (χ2v) is 15.7. The fraction of sp³-hybridized carbons (Fsp3) is 0.196. The number of aromatic nitrogens is 1. The second kappa shape index (κ2) is 17.5. The van der Waals surface area contributed by atoms with Crippen LogP contribution in [0.25, 0.3) is 10.1 Å². The van der Waals surface area contributed by atoms with Crippen LogP contribution in [0, 0.1) is 6.92 Å². The lowest BCUT2D eigenvalue weighted by Gasteiger charge is -2.37. The molecule has 308 valence electrons. The van der Waals surface area contributed by atoms with Crippen LogP contribution in [-0.2, 0) is 9.59 Å². The maximum absolute atomic E-state index is 13.6. The summed E-state index contributed by atoms with van der Waals surface area (Å²) >= 11 is 1.49. The topological polar surface area (TPSA) is 173 Å². The van der Waals surface area contributed by atoms with Crippen LogP contribution in [0.3, 0.4) is 0 Å². The van der Waals surface area contributed by atoms with Crippen LogP contribution in [-0.4, -0.2) is 85.0 Å². The van der Waals surface area contributed by atoms with E-state index >= 15 is 0 Å². The van der Waals surface area contributed by atoms with Gasteiger partial charge in [0.25, 0.3) is 23.6 Å². The quantitative estimate of drug-likeness (QED) is 0.0711. The largest absolute Gasteiger partial charge is 0.368 e. The summed E-state index contributed by atoms with van der Waals surface area (Å²) in [5.74, 6) is -1.67. The first-order valence-corrected chi connectivity index (χ1v) is 20.7. The van der Waals surface area contributed by atoms with Crippen LogP contribution in [0.4, 0.5) is 34.3 Å². The zero-order valence-electron chi connectivity index (χ0n) is 33.4. The summed E-state index contributed by atoms with van der Waals surface area (Å²) in [5, 5.41) is 14.4. The first-order valence-electron chi connectivity index (χ1n) is 19.8. The SMILES string of the molecule is CNC(=O)CCC(C=O)N1C(=O)c2ccc(N3CCN(c4ccc(NC(=O)c5cnc(Nc6ccccc6C)c(NC(=O)c6csc7ccccc67)c5)cc4)CC3)cc2C1=O. The molecule has 8 rings (SSSR count). The van der Waals surface area contributed by atoms with Gasteiger partial charge in [-0.2, -0.15) is 0 Å². The third-order valence-electron chi connectivity index (χ3n) is 11.0. The number of nitrogens with one attached hydrogen (secondary N) is 4. The predicted octanol–water partition coefficient (Wildman–Crippen LogP) is 6.87. The molecule has 5 amide bonds. The van der Waals surface area contributed by atoms with E-state index in [1.54, 1.807) is 18.2 Å². The molecule has 0 aliphatic carbocycles. The standard InChI is InChI=1S/C46H42N8O6S/c1-28-7-3-5-9-38(28)50-42-39(51-44(58)37-27-61-40-10-6-4-8-34(37)40)23-29(25-48-42)43(57)49-30-11-13-31(14-12-30)52-19-21-53(22-20-52)32-15-17-35-36(24-32)46(60)54(45(35)59)33(26-55)16-18-41(56)47-2/h3-15,17,23-27,33H,16,18-22H2,1-2H3,(H,47,56)(H,48,50)(H,49,57)(H,51,58). The molecule has 15 heteroatoms. The molecular weight excluding hydrogens is 793 g/mol. The van der Waals surface area contributed by atoms with Crippen molar-refractivity contribution in [2.24, 2.45) is 0 Å². The van der Waals surface area contributed by atoms with Gasteiger partial charge in [-0.15, -0.1) is 11.3 Å². The normalized spacial score (nSPS) is 14.1. The van der Waals surface area contributed by atoms with Crippen molar-refractivity contribution in [3.63, 3.8) is 0 Å². The smallest absolute Gasteiger partial charge is 0.262 e. The lowest BCUT2D eigenvalue weighted by Crippen LogP contribution is -2.46. The van der Waals surface area contributed by atoms with Crippen molar-refractivity contribution in [3.8, 4) is 0 Å². The summed E-state index contributed by atoms with van der Waals surface area (Å²) in [7, 11) is 1.49. The summed E-state index contributed by atoms with van der Waals surface area (Å²) < 4.78 is 0.996. The number of imide groups is 1. The van der Waals surface area contributed by atoms with Gasteiger partial charge in [-0.05, 0) is 79.6 Å². The van der Waals surface area contributed by atoms with Gasteiger partial charge in [0.1, 0.15) is 6.29 Å². The maximum Gasteiger partial charge on any atom is 0.262 e. The first kappa shape index (κ1) is 40.4. The lowest BCUT2D eigenvalue weighted by molar-refractivity contribution is -0.121. The van der Waals surface area contributed by atoms with Gasteiger partial charge in [0.2, 0.25) is 5.91 Å². The Morgan fingerprint density at radius 1 is 0.787 bits per heavy atom. The van der Waals surface area contributed by atoms with Gasteiger partial charge in [0.05, 0.1) is 34.0 Å². The highest BCUT2D eigenvalue weighted by Crippen LogP contribution is 2.32. The van der Waals surface area contributed by atoms with Crippen molar-refractivity contribution in [1.82, 2.24) is 15.2 Å². The molecule has 14 nitrogen and oxygen atoms in total. The van der Waals surface area contributed by atoms with Gasteiger partial charge in [-0.25, -0.2) is 4.98 Å². The van der Waals surface area contributed by atoms with Gasteiger partial charge in [-0.3, -0.25) is 28.9 Å². The zero-order valence-corrected chi connectivity index (χ0v) is 34.3. The molecule has 2 aromatic heterocycles. The van der Waals surface area contributed by atoms with Crippen molar-refractivity contribution >= 4 is 91.5 Å².